The molecule has 22 heavy (non-hydrogen) atoms. The summed E-state index contributed by atoms with van der Waals surface area (Å²) in [5, 5.41) is 5.10. The summed E-state index contributed by atoms with van der Waals surface area (Å²) in [5.41, 5.74) is 2.85. The van der Waals surface area contributed by atoms with Crippen molar-refractivity contribution < 1.29 is 4.74 Å². The van der Waals surface area contributed by atoms with Gasteiger partial charge in [0.2, 0.25) is 0 Å². The van der Waals surface area contributed by atoms with Gasteiger partial charge in [0.1, 0.15) is 11.6 Å². The number of ether oxygens (including phenoxy) is 1. The van der Waals surface area contributed by atoms with Gasteiger partial charge in [0.15, 0.2) is 0 Å². The van der Waals surface area contributed by atoms with E-state index < -0.39 is 0 Å². The first-order valence-electron chi connectivity index (χ1n) is 7.17. The number of benzene rings is 1. The molecule has 0 radical (unpaired) electrons. The Bertz CT molecular complexity index is 811. The number of pyridine rings is 1. The lowest BCUT2D eigenvalue weighted by molar-refractivity contribution is 0.404. The molecular weight excluding hydrogens is 298 g/mol. The molecule has 3 aromatic rings. The van der Waals surface area contributed by atoms with E-state index in [-0.39, 0.29) is 5.92 Å². The molecule has 0 atom stereocenters. The van der Waals surface area contributed by atoms with Crippen molar-refractivity contribution in [3.05, 3.63) is 47.2 Å². The second-order valence-corrected chi connectivity index (χ2v) is 5.89. The van der Waals surface area contributed by atoms with Crippen molar-refractivity contribution in [1.82, 2.24) is 9.97 Å². The number of H-pyrrole nitrogens is 1. The summed E-state index contributed by atoms with van der Waals surface area (Å²) in [7, 11) is 1.66. The third-order valence-electron chi connectivity index (χ3n) is 3.55. The lowest BCUT2D eigenvalue weighted by Crippen LogP contribution is -2.02. The molecule has 0 aliphatic heterocycles. The van der Waals surface area contributed by atoms with Crippen molar-refractivity contribution in [1.29, 1.82) is 0 Å². The monoisotopic (exact) mass is 315 g/mol. The number of aromatic amines is 1. The molecule has 0 saturated heterocycles. The molecule has 0 bridgehead atoms. The van der Waals surface area contributed by atoms with Gasteiger partial charge in [-0.15, -0.1) is 0 Å². The molecule has 0 amide bonds. The first-order valence-corrected chi connectivity index (χ1v) is 7.55. The molecule has 2 aromatic heterocycles. The van der Waals surface area contributed by atoms with Crippen LogP contribution < -0.4 is 10.1 Å². The molecule has 2 heterocycles. The highest BCUT2D eigenvalue weighted by Gasteiger charge is 2.11. The van der Waals surface area contributed by atoms with Gasteiger partial charge in [-0.3, -0.25) is 0 Å². The minimum atomic E-state index is 0.281. The summed E-state index contributed by atoms with van der Waals surface area (Å²) in [5.74, 6) is 1.86. The Morgan fingerprint density at radius 2 is 2.05 bits per heavy atom. The molecule has 5 heteroatoms. The van der Waals surface area contributed by atoms with Crippen molar-refractivity contribution >= 4 is 34.0 Å². The van der Waals surface area contributed by atoms with Crippen LogP contribution in [-0.4, -0.2) is 17.1 Å². The SMILES string of the molecule is COc1ccc(Nc2cc(Cl)cc3[nH]ccc23)nc1C(C)C. The van der Waals surface area contributed by atoms with Crippen LogP contribution in [0.4, 0.5) is 11.5 Å². The molecule has 1 aromatic carbocycles. The molecule has 0 fully saturated rings. The second kappa shape index (κ2) is 5.89. The minimum Gasteiger partial charge on any atom is -0.495 e. The smallest absolute Gasteiger partial charge is 0.140 e. The number of hydrogen-bond donors (Lipinski definition) is 2. The third-order valence-corrected chi connectivity index (χ3v) is 3.77. The fourth-order valence-corrected chi connectivity index (χ4v) is 2.71. The molecule has 0 aliphatic rings. The van der Waals surface area contributed by atoms with Gasteiger partial charge in [-0.1, -0.05) is 25.4 Å². The zero-order chi connectivity index (χ0) is 15.7. The molecule has 114 valence electrons. The average Bonchev–Trinajstić information content (AvgIpc) is 2.95. The lowest BCUT2D eigenvalue weighted by Gasteiger charge is -2.14. The van der Waals surface area contributed by atoms with Gasteiger partial charge in [-0.2, -0.15) is 0 Å². The Labute approximate surface area is 134 Å². The van der Waals surface area contributed by atoms with Gasteiger partial charge >= 0.3 is 0 Å². The van der Waals surface area contributed by atoms with Crippen LogP contribution in [0.2, 0.25) is 5.02 Å². The molecule has 2 N–H and O–H groups in total. The summed E-state index contributed by atoms with van der Waals surface area (Å²) >= 11 is 6.18. The highest BCUT2D eigenvalue weighted by Crippen LogP contribution is 2.31. The molecule has 0 saturated carbocycles. The Morgan fingerprint density at radius 3 is 2.77 bits per heavy atom. The molecule has 4 nitrogen and oxygen atoms in total. The van der Waals surface area contributed by atoms with E-state index in [1.165, 1.54) is 0 Å². The Morgan fingerprint density at radius 1 is 1.23 bits per heavy atom. The van der Waals surface area contributed by atoms with Crippen molar-refractivity contribution in [2.75, 3.05) is 12.4 Å². The first kappa shape index (κ1) is 14.7. The predicted octanol–water partition coefficient (Wildman–Crippen LogP) is 5.09. The summed E-state index contributed by atoms with van der Waals surface area (Å²) in [6, 6.07) is 9.66. The molecule has 0 aliphatic carbocycles. The van der Waals surface area contributed by atoms with Gasteiger partial charge in [0.25, 0.3) is 0 Å². The van der Waals surface area contributed by atoms with Crippen LogP contribution in [0.1, 0.15) is 25.5 Å². The van der Waals surface area contributed by atoms with Crippen LogP contribution in [0.5, 0.6) is 5.75 Å². The Hall–Kier alpha value is -2.20. The fraction of sp³-hybridized carbons (Fsp3) is 0.235. The molecule has 0 spiro atoms. The topological polar surface area (TPSA) is 49.9 Å². The van der Waals surface area contributed by atoms with Crippen molar-refractivity contribution in [2.24, 2.45) is 0 Å². The highest BCUT2D eigenvalue weighted by atomic mass is 35.5. The van der Waals surface area contributed by atoms with Gasteiger partial charge in [-0.25, -0.2) is 4.98 Å². The number of fused-ring (bicyclic) bond motifs is 1. The molecule has 0 unspecified atom stereocenters. The summed E-state index contributed by atoms with van der Waals surface area (Å²) < 4.78 is 5.37. The maximum atomic E-state index is 6.18. The highest BCUT2D eigenvalue weighted by molar-refractivity contribution is 6.31. The quantitative estimate of drug-likeness (QED) is 0.705. The first-order chi connectivity index (χ1) is 10.6. The molecule has 3 rings (SSSR count). The number of nitrogens with zero attached hydrogens (tertiary/aromatic N) is 1. The normalized spacial score (nSPS) is 11.1. The van der Waals surface area contributed by atoms with Crippen LogP contribution in [-0.2, 0) is 0 Å². The second-order valence-electron chi connectivity index (χ2n) is 5.46. The van der Waals surface area contributed by atoms with Crippen LogP contribution in [0.3, 0.4) is 0 Å². The summed E-state index contributed by atoms with van der Waals surface area (Å²) in [6.45, 7) is 4.19. The van der Waals surface area contributed by atoms with E-state index >= 15 is 0 Å². The van der Waals surface area contributed by atoms with Gasteiger partial charge in [0, 0.05) is 22.1 Å². The summed E-state index contributed by atoms with van der Waals surface area (Å²) in [4.78, 5) is 7.84. The van der Waals surface area contributed by atoms with Crippen LogP contribution >= 0.6 is 11.6 Å². The van der Waals surface area contributed by atoms with Gasteiger partial charge in [-0.05, 0) is 36.2 Å². The van der Waals surface area contributed by atoms with E-state index in [2.05, 4.69) is 29.1 Å². The third kappa shape index (κ3) is 2.74. The Kier molecular flexibility index (Phi) is 3.94. The van der Waals surface area contributed by atoms with E-state index in [0.29, 0.717) is 5.02 Å². The van der Waals surface area contributed by atoms with Crippen molar-refractivity contribution in [3.63, 3.8) is 0 Å². The van der Waals surface area contributed by atoms with Gasteiger partial charge < -0.3 is 15.0 Å². The lowest BCUT2D eigenvalue weighted by atomic mass is 10.1. The van der Waals surface area contributed by atoms with Crippen molar-refractivity contribution in [3.8, 4) is 5.75 Å². The van der Waals surface area contributed by atoms with Crippen molar-refractivity contribution in [2.45, 2.75) is 19.8 Å². The fourth-order valence-electron chi connectivity index (χ4n) is 2.49. The van der Waals surface area contributed by atoms with Gasteiger partial charge in [0.05, 0.1) is 18.5 Å². The Balaban J connectivity index is 2.01. The number of anilines is 2. The number of rotatable bonds is 4. The van der Waals surface area contributed by atoms with E-state index in [4.69, 9.17) is 16.3 Å². The average molecular weight is 316 g/mol. The molecular formula is C17H18ClN3O. The number of hydrogen-bond acceptors (Lipinski definition) is 3. The largest absolute Gasteiger partial charge is 0.495 e. The predicted molar refractivity (Wildman–Crippen MR) is 91.5 cm³/mol. The standard InChI is InChI=1S/C17H18ClN3O/c1-10(2)17-15(22-3)4-5-16(21-17)20-14-9-11(18)8-13-12(14)6-7-19-13/h4-10,19H,1-3H3,(H,20,21). The number of aromatic nitrogens is 2. The zero-order valence-electron chi connectivity index (χ0n) is 12.8. The zero-order valence-corrected chi connectivity index (χ0v) is 13.5. The maximum absolute atomic E-state index is 6.18. The minimum absolute atomic E-state index is 0.281. The van der Waals surface area contributed by atoms with E-state index in [1.54, 1.807) is 7.11 Å². The van der Waals surface area contributed by atoms with E-state index in [9.17, 15) is 0 Å². The van der Waals surface area contributed by atoms with Crippen LogP contribution in [0.15, 0.2) is 36.5 Å². The van der Waals surface area contributed by atoms with E-state index in [0.717, 1.165) is 33.9 Å². The number of halogens is 1. The van der Waals surface area contributed by atoms with E-state index in [1.807, 2.05) is 36.5 Å². The maximum Gasteiger partial charge on any atom is 0.140 e. The van der Waals surface area contributed by atoms with Crippen LogP contribution in [0, 0.1) is 0 Å². The van der Waals surface area contributed by atoms with Crippen LogP contribution in [0.25, 0.3) is 10.9 Å². The number of methoxy groups -OCH3 is 1. The number of nitrogens with one attached hydrogen (secondary N) is 2. The summed E-state index contributed by atoms with van der Waals surface area (Å²) in [6.07, 6.45) is 1.90.